The first-order valence-corrected chi connectivity index (χ1v) is 8.48. The Kier molecular flexibility index (Phi) is 8.49. The molecule has 23 heavy (non-hydrogen) atoms. The third-order valence-corrected chi connectivity index (χ3v) is 4.26. The van der Waals surface area contributed by atoms with E-state index in [1.165, 1.54) is 31.6 Å². The van der Waals surface area contributed by atoms with Crippen LogP contribution in [0.1, 0.15) is 12.8 Å². The van der Waals surface area contributed by atoms with Crippen LogP contribution in [0.5, 0.6) is 0 Å². The smallest absolute Gasteiger partial charge is 0.151 e. The summed E-state index contributed by atoms with van der Waals surface area (Å²) in [6.45, 7) is 6.74. The Labute approximate surface area is 138 Å². The lowest BCUT2D eigenvalue weighted by Gasteiger charge is -2.33. The molecule has 2 rings (SSSR count). The van der Waals surface area contributed by atoms with Crippen molar-refractivity contribution in [3.63, 3.8) is 0 Å². The van der Waals surface area contributed by atoms with Gasteiger partial charge >= 0.3 is 0 Å². The van der Waals surface area contributed by atoms with Crippen molar-refractivity contribution in [3.05, 3.63) is 24.5 Å². The number of nitrogens with zero attached hydrogens (tertiary/aromatic N) is 2. The average Bonchev–Trinajstić information content (AvgIpc) is 3.07. The summed E-state index contributed by atoms with van der Waals surface area (Å²) in [4.78, 5) is 4.27. The van der Waals surface area contributed by atoms with Crippen LogP contribution in [0.4, 0.5) is 5.69 Å². The van der Waals surface area contributed by atoms with Crippen molar-refractivity contribution in [2.45, 2.75) is 12.8 Å². The molecular formula is C17H29N2O4+. The summed E-state index contributed by atoms with van der Waals surface area (Å²) in [7, 11) is 0. The van der Waals surface area contributed by atoms with Crippen LogP contribution in [-0.2, 0) is 14.2 Å². The molecule has 0 radical (unpaired) electrons. The number of aliphatic hydroxyl groups excluding tert-OH is 1. The van der Waals surface area contributed by atoms with Crippen LogP contribution in [0.25, 0.3) is 0 Å². The molecule has 2 heterocycles. The van der Waals surface area contributed by atoms with E-state index >= 15 is 0 Å². The van der Waals surface area contributed by atoms with Crippen LogP contribution in [0, 0.1) is 0 Å². The molecule has 1 saturated heterocycles. The number of hydrogen-bond acceptors (Lipinski definition) is 5. The van der Waals surface area contributed by atoms with Crippen molar-refractivity contribution in [1.82, 2.24) is 9.47 Å². The summed E-state index contributed by atoms with van der Waals surface area (Å²) in [5.74, 6) is 0. The molecule has 1 aliphatic rings. The Morgan fingerprint density at radius 1 is 0.957 bits per heavy atom. The van der Waals surface area contributed by atoms with Gasteiger partial charge in [0.25, 0.3) is 0 Å². The lowest BCUT2D eigenvalue weighted by molar-refractivity contribution is 0.00551. The van der Waals surface area contributed by atoms with Crippen molar-refractivity contribution >= 4 is 5.69 Å². The summed E-state index contributed by atoms with van der Waals surface area (Å²) in [6, 6.07) is 4.19. The van der Waals surface area contributed by atoms with E-state index < -0.39 is 0 Å². The number of quaternary nitrogens is 1. The molecule has 0 unspecified atom stereocenters. The van der Waals surface area contributed by atoms with Gasteiger partial charge in [-0.15, -0.1) is 0 Å². The van der Waals surface area contributed by atoms with E-state index in [2.05, 4.69) is 11.1 Å². The third kappa shape index (κ3) is 6.16. The standard InChI is InChI=1S/C17H29N2O4/c20-9-11-22-13-15-23-14-12-21-10-8-19(6-1-2-7-19)17-4-3-5-18-16-17/h3-5,16,20H,1-2,6-15H2/q+1. The Hall–Kier alpha value is -1.05. The topological polar surface area (TPSA) is 60.8 Å². The predicted molar refractivity (Wildman–Crippen MR) is 89.4 cm³/mol. The van der Waals surface area contributed by atoms with Gasteiger partial charge in [-0.05, 0) is 6.07 Å². The van der Waals surface area contributed by atoms with Gasteiger partial charge in [0.1, 0.15) is 6.54 Å². The van der Waals surface area contributed by atoms with Crippen LogP contribution >= 0.6 is 0 Å². The summed E-state index contributed by atoms with van der Waals surface area (Å²) in [5.41, 5.74) is 1.30. The van der Waals surface area contributed by atoms with Gasteiger partial charge in [0.15, 0.2) is 5.69 Å². The first kappa shape index (κ1) is 18.3. The fraction of sp³-hybridized carbons (Fsp3) is 0.706. The average molecular weight is 325 g/mol. The highest BCUT2D eigenvalue weighted by Gasteiger charge is 2.34. The van der Waals surface area contributed by atoms with Gasteiger partial charge in [-0.1, -0.05) is 0 Å². The molecule has 0 aromatic carbocycles. The van der Waals surface area contributed by atoms with Crippen LogP contribution in [-0.4, -0.2) is 76.0 Å². The van der Waals surface area contributed by atoms with E-state index in [0.29, 0.717) is 33.0 Å². The van der Waals surface area contributed by atoms with E-state index in [-0.39, 0.29) is 6.61 Å². The minimum Gasteiger partial charge on any atom is -0.394 e. The summed E-state index contributed by atoms with van der Waals surface area (Å²) < 4.78 is 17.2. The second kappa shape index (κ2) is 10.7. The quantitative estimate of drug-likeness (QED) is 0.463. The highest BCUT2D eigenvalue weighted by molar-refractivity contribution is 5.40. The predicted octanol–water partition coefficient (Wildman–Crippen LogP) is 1.22. The summed E-state index contributed by atoms with van der Waals surface area (Å²) in [5, 5.41) is 8.57. The fourth-order valence-corrected chi connectivity index (χ4v) is 3.03. The normalized spacial score (nSPS) is 16.7. The molecule has 1 aromatic heterocycles. The molecule has 1 aromatic rings. The molecule has 0 amide bonds. The van der Waals surface area contributed by atoms with Gasteiger partial charge < -0.3 is 19.3 Å². The zero-order chi connectivity index (χ0) is 16.2. The monoisotopic (exact) mass is 325 g/mol. The number of likely N-dealkylation sites (tertiary alicyclic amines) is 1. The second-order valence-electron chi connectivity index (χ2n) is 5.80. The summed E-state index contributed by atoms with van der Waals surface area (Å²) >= 11 is 0. The minimum atomic E-state index is 0.0556. The van der Waals surface area contributed by atoms with Gasteiger partial charge in [0.2, 0.25) is 0 Å². The molecule has 1 fully saturated rings. The van der Waals surface area contributed by atoms with Crippen LogP contribution in [0.2, 0.25) is 0 Å². The lowest BCUT2D eigenvalue weighted by atomic mass is 10.3. The number of pyridine rings is 1. The molecule has 6 nitrogen and oxygen atoms in total. The zero-order valence-electron chi connectivity index (χ0n) is 13.9. The highest BCUT2D eigenvalue weighted by atomic mass is 16.5. The Morgan fingerprint density at radius 2 is 1.61 bits per heavy atom. The minimum absolute atomic E-state index is 0.0556. The molecule has 0 aliphatic carbocycles. The van der Waals surface area contributed by atoms with Crippen LogP contribution in [0.15, 0.2) is 24.5 Å². The van der Waals surface area contributed by atoms with Gasteiger partial charge in [-0.3, -0.25) is 9.47 Å². The molecule has 0 spiro atoms. The maximum absolute atomic E-state index is 8.57. The van der Waals surface area contributed by atoms with Gasteiger partial charge in [-0.2, -0.15) is 0 Å². The maximum Gasteiger partial charge on any atom is 0.151 e. The Bertz CT molecular complexity index is 410. The van der Waals surface area contributed by atoms with E-state index in [9.17, 15) is 0 Å². The van der Waals surface area contributed by atoms with E-state index in [1.54, 1.807) is 0 Å². The van der Waals surface area contributed by atoms with E-state index in [4.69, 9.17) is 19.3 Å². The number of rotatable bonds is 12. The third-order valence-electron chi connectivity index (χ3n) is 4.26. The molecule has 1 N–H and O–H groups in total. The SMILES string of the molecule is OCCOCCOCCOCC[N+]1(c2cccnc2)CCCC1. The number of ether oxygens (including phenoxy) is 3. The van der Waals surface area contributed by atoms with Crippen LogP contribution < -0.4 is 4.48 Å². The Morgan fingerprint density at radius 3 is 2.22 bits per heavy atom. The van der Waals surface area contributed by atoms with Gasteiger partial charge in [-0.25, -0.2) is 0 Å². The molecular weight excluding hydrogens is 296 g/mol. The highest BCUT2D eigenvalue weighted by Crippen LogP contribution is 2.28. The second-order valence-corrected chi connectivity index (χ2v) is 5.80. The van der Waals surface area contributed by atoms with Crippen molar-refractivity contribution < 1.29 is 19.3 Å². The lowest BCUT2D eigenvalue weighted by Crippen LogP contribution is -2.48. The molecule has 0 saturated carbocycles. The largest absolute Gasteiger partial charge is 0.394 e. The molecule has 6 heteroatoms. The number of aromatic nitrogens is 1. The molecule has 0 bridgehead atoms. The fourth-order valence-electron chi connectivity index (χ4n) is 3.03. The van der Waals surface area contributed by atoms with Crippen molar-refractivity contribution in [2.24, 2.45) is 0 Å². The zero-order valence-corrected chi connectivity index (χ0v) is 13.9. The maximum atomic E-state index is 8.57. The number of hydrogen-bond donors (Lipinski definition) is 1. The molecule has 130 valence electrons. The molecule has 0 atom stereocenters. The first-order chi connectivity index (χ1) is 11.4. The Balaban J connectivity index is 1.59. The van der Waals surface area contributed by atoms with Crippen molar-refractivity contribution in [3.8, 4) is 0 Å². The summed E-state index contributed by atoms with van der Waals surface area (Å²) in [6.07, 6.45) is 6.35. The first-order valence-electron chi connectivity index (χ1n) is 8.48. The van der Waals surface area contributed by atoms with Crippen molar-refractivity contribution in [1.29, 1.82) is 0 Å². The molecule has 1 aliphatic heterocycles. The number of aliphatic hydroxyl groups is 1. The van der Waals surface area contributed by atoms with Gasteiger partial charge in [0.05, 0.1) is 65.5 Å². The van der Waals surface area contributed by atoms with Crippen LogP contribution in [0.3, 0.4) is 0 Å². The van der Waals surface area contributed by atoms with Crippen molar-refractivity contribution in [2.75, 3.05) is 65.9 Å². The van der Waals surface area contributed by atoms with Gasteiger partial charge in [0, 0.05) is 25.1 Å². The van der Waals surface area contributed by atoms with E-state index in [1.807, 2.05) is 18.5 Å². The van der Waals surface area contributed by atoms with E-state index in [0.717, 1.165) is 17.6 Å².